The zero-order valence-corrected chi connectivity index (χ0v) is 12.2. The van der Waals surface area contributed by atoms with Gasteiger partial charge in [-0.2, -0.15) is 13.2 Å². The SMILES string of the molecule is CC1(O)CCCN(Cc2nc3cc(C(F)(F)F)ccc3o2)C1. The van der Waals surface area contributed by atoms with Gasteiger partial charge in [0.1, 0.15) is 5.52 Å². The van der Waals surface area contributed by atoms with Crippen molar-refractivity contribution in [1.29, 1.82) is 0 Å². The minimum absolute atomic E-state index is 0.202. The van der Waals surface area contributed by atoms with E-state index in [1.54, 1.807) is 6.92 Å². The highest BCUT2D eigenvalue weighted by Crippen LogP contribution is 2.31. The number of likely N-dealkylation sites (tertiary alicyclic amines) is 1. The number of piperidine rings is 1. The number of aliphatic hydroxyl groups is 1. The van der Waals surface area contributed by atoms with Crippen molar-refractivity contribution in [3.8, 4) is 0 Å². The molecule has 1 aromatic heterocycles. The van der Waals surface area contributed by atoms with Crippen LogP contribution in [0.25, 0.3) is 11.1 Å². The number of halogens is 3. The molecule has 1 fully saturated rings. The van der Waals surface area contributed by atoms with Crippen LogP contribution < -0.4 is 0 Å². The maximum Gasteiger partial charge on any atom is 0.416 e. The molecular weight excluding hydrogens is 297 g/mol. The Morgan fingerprint density at radius 1 is 1.41 bits per heavy atom. The second-order valence-electron chi connectivity index (χ2n) is 6.10. The number of benzene rings is 1. The predicted octanol–water partition coefficient (Wildman–Crippen LogP) is 3.19. The molecule has 4 nitrogen and oxygen atoms in total. The summed E-state index contributed by atoms with van der Waals surface area (Å²) in [6, 6.07) is 3.28. The summed E-state index contributed by atoms with van der Waals surface area (Å²) in [4.78, 5) is 6.14. The Bertz CT molecular complexity index is 679. The second-order valence-corrected chi connectivity index (χ2v) is 6.10. The number of aromatic nitrogens is 1. The molecule has 2 aromatic rings. The Kier molecular flexibility index (Phi) is 3.65. The first kappa shape index (κ1) is 15.3. The summed E-state index contributed by atoms with van der Waals surface area (Å²) in [6.45, 7) is 3.47. The van der Waals surface area contributed by atoms with Crippen LogP contribution in [0.3, 0.4) is 0 Å². The highest BCUT2D eigenvalue weighted by molar-refractivity contribution is 5.73. The van der Waals surface area contributed by atoms with Crippen LogP contribution in [0.15, 0.2) is 22.6 Å². The third kappa shape index (κ3) is 3.25. The lowest BCUT2D eigenvalue weighted by Crippen LogP contribution is -2.45. The average molecular weight is 314 g/mol. The van der Waals surface area contributed by atoms with E-state index in [0.717, 1.165) is 31.5 Å². The molecule has 7 heteroatoms. The fraction of sp³-hybridized carbons (Fsp3) is 0.533. The van der Waals surface area contributed by atoms with Gasteiger partial charge in [-0.3, -0.25) is 4.90 Å². The van der Waals surface area contributed by atoms with E-state index in [1.165, 1.54) is 6.07 Å². The van der Waals surface area contributed by atoms with Crippen LogP contribution >= 0.6 is 0 Å². The van der Waals surface area contributed by atoms with E-state index in [2.05, 4.69) is 4.98 Å². The smallest absolute Gasteiger partial charge is 0.416 e. The van der Waals surface area contributed by atoms with Crippen LogP contribution in [0.1, 0.15) is 31.2 Å². The monoisotopic (exact) mass is 314 g/mol. The van der Waals surface area contributed by atoms with Gasteiger partial charge in [-0.15, -0.1) is 0 Å². The molecule has 1 aromatic carbocycles. The molecule has 1 saturated heterocycles. The molecule has 2 heterocycles. The Hall–Kier alpha value is -1.60. The van der Waals surface area contributed by atoms with Gasteiger partial charge in [0.05, 0.1) is 17.7 Å². The summed E-state index contributed by atoms with van der Waals surface area (Å²) in [7, 11) is 0. The quantitative estimate of drug-likeness (QED) is 0.925. The van der Waals surface area contributed by atoms with E-state index in [4.69, 9.17) is 4.42 Å². The third-order valence-corrected chi connectivity index (χ3v) is 3.87. The molecule has 1 aliphatic rings. The molecule has 1 aliphatic heterocycles. The Labute approximate surface area is 125 Å². The molecule has 1 atom stereocenters. The number of fused-ring (bicyclic) bond motifs is 1. The van der Waals surface area contributed by atoms with Gasteiger partial charge in [0, 0.05) is 6.54 Å². The normalized spacial score (nSPS) is 24.0. The number of oxazole rings is 1. The van der Waals surface area contributed by atoms with Gasteiger partial charge in [0.25, 0.3) is 0 Å². The molecule has 0 amide bonds. The molecule has 0 spiro atoms. The average Bonchev–Trinajstić information content (AvgIpc) is 2.77. The topological polar surface area (TPSA) is 49.5 Å². The number of alkyl halides is 3. The van der Waals surface area contributed by atoms with Crippen molar-refractivity contribution in [3.05, 3.63) is 29.7 Å². The van der Waals surface area contributed by atoms with Crippen LogP contribution in [-0.4, -0.2) is 33.7 Å². The van der Waals surface area contributed by atoms with Crippen LogP contribution in [0, 0.1) is 0 Å². The first-order chi connectivity index (χ1) is 10.2. The molecule has 1 N–H and O–H groups in total. The summed E-state index contributed by atoms with van der Waals surface area (Å²) in [5, 5.41) is 10.1. The number of hydrogen-bond acceptors (Lipinski definition) is 4. The van der Waals surface area contributed by atoms with Gasteiger partial charge >= 0.3 is 6.18 Å². The Morgan fingerprint density at radius 2 is 2.18 bits per heavy atom. The minimum atomic E-state index is -4.39. The molecule has 0 saturated carbocycles. The van der Waals surface area contributed by atoms with Gasteiger partial charge in [0.2, 0.25) is 5.89 Å². The molecule has 120 valence electrons. The lowest BCUT2D eigenvalue weighted by Gasteiger charge is -2.36. The highest BCUT2D eigenvalue weighted by Gasteiger charge is 2.31. The summed E-state index contributed by atoms with van der Waals surface area (Å²) in [6.07, 6.45) is -2.78. The van der Waals surface area contributed by atoms with E-state index < -0.39 is 17.3 Å². The van der Waals surface area contributed by atoms with Crippen molar-refractivity contribution >= 4 is 11.1 Å². The first-order valence-corrected chi connectivity index (χ1v) is 7.14. The highest BCUT2D eigenvalue weighted by atomic mass is 19.4. The van der Waals surface area contributed by atoms with Gasteiger partial charge in [-0.25, -0.2) is 4.98 Å². The van der Waals surface area contributed by atoms with Gasteiger partial charge in [-0.1, -0.05) is 0 Å². The summed E-state index contributed by atoms with van der Waals surface area (Å²) in [5.74, 6) is 0.368. The van der Waals surface area contributed by atoms with Crippen molar-refractivity contribution in [2.24, 2.45) is 0 Å². The molecule has 0 aliphatic carbocycles. The van der Waals surface area contributed by atoms with Gasteiger partial charge < -0.3 is 9.52 Å². The van der Waals surface area contributed by atoms with Crippen LogP contribution in [-0.2, 0) is 12.7 Å². The molecule has 3 rings (SSSR count). The lowest BCUT2D eigenvalue weighted by molar-refractivity contribution is -0.137. The van der Waals surface area contributed by atoms with Crippen molar-refractivity contribution in [2.75, 3.05) is 13.1 Å². The summed E-state index contributed by atoms with van der Waals surface area (Å²) >= 11 is 0. The fourth-order valence-corrected chi connectivity index (χ4v) is 2.87. The Morgan fingerprint density at radius 3 is 2.86 bits per heavy atom. The third-order valence-electron chi connectivity index (χ3n) is 3.87. The number of β-amino-alcohol motifs (C(OH)–C–C–N with tert-alkyl or cyclic N) is 1. The van der Waals surface area contributed by atoms with Crippen molar-refractivity contribution in [1.82, 2.24) is 9.88 Å². The minimum Gasteiger partial charge on any atom is -0.439 e. The maximum atomic E-state index is 12.7. The van der Waals surface area contributed by atoms with Gasteiger partial charge in [-0.05, 0) is 44.5 Å². The van der Waals surface area contributed by atoms with E-state index in [9.17, 15) is 18.3 Å². The summed E-state index contributed by atoms with van der Waals surface area (Å²) < 4.78 is 43.6. The van der Waals surface area contributed by atoms with Crippen LogP contribution in [0.2, 0.25) is 0 Å². The van der Waals surface area contributed by atoms with E-state index in [-0.39, 0.29) is 5.52 Å². The van der Waals surface area contributed by atoms with Crippen LogP contribution in [0.4, 0.5) is 13.2 Å². The first-order valence-electron chi connectivity index (χ1n) is 7.14. The van der Waals surface area contributed by atoms with Gasteiger partial charge in [0.15, 0.2) is 5.58 Å². The molecule has 1 unspecified atom stereocenters. The van der Waals surface area contributed by atoms with E-state index in [1.807, 2.05) is 4.90 Å². The number of rotatable bonds is 2. The predicted molar refractivity (Wildman–Crippen MR) is 74.1 cm³/mol. The number of hydrogen-bond donors (Lipinski definition) is 1. The lowest BCUT2D eigenvalue weighted by atomic mass is 9.95. The summed E-state index contributed by atoms with van der Waals surface area (Å²) in [5.41, 5.74) is -0.936. The van der Waals surface area contributed by atoms with E-state index >= 15 is 0 Å². The van der Waals surface area contributed by atoms with Crippen molar-refractivity contribution in [2.45, 2.75) is 38.1 Å². The standard InChI is InChI=1S/C15H17F3N2O2/c1-14(21)5-2-6-20(9-14)8-13-19-11-7-10(15(16,17)18)3-4-12(11)22-13/h3-4,7,21H,2,5-6,8-9H2,1H3. The largest absolute Gasteiger partial charge is 0.439 e. The molecular formula is C15H17F3N2O2. The fourth-order valence-electron chi connectivity index (χ4n) is 2.87. The zero-order valence-electron chi connectivity index (χ0n) is 12.2. The van der Waals surface area contributed by atoms with E-state index in [0.29, 0.717) is 24.6 Å². The second kappa shape index (κ2) is 5.24. The zero-order chi connectivity index (χ0) is 16.0. The number of nitrogens with zero attached hydrogens (tertiary/aromatic N) is 2. The molecule has 0 radical (unpaired) electrons. The van der Waals surface area contributed by atoms with Crippen LogP contribution in [0.5, 0.6) is 0 Å². The maximum absolute atomic E-state index is 12.7. The Balaban J connectivity index is 1.80. The van der Waals surface area contributed by atoms with Crippen molar-refractivity contribution in [3.63, 3.8) is 0 Å². The van der Waals surface area contributed by atoms with Crippen molar-refractivity contribution < 1.29 is 22.7 Å². The molecule has 0 bridgehead atoms. The molecule has 22 heavy (non-hydrogen) atoms.